The fourth-order valence-corrected chi connectivity index (χ4v) is 2.34. The lowest BCUT2D eigenvalue weighted by Crippen LogP contribution is -2.51. The molecule has 2 rings (SSSR count). The van der Waals surface area contributed by atoms with Crippen LogP contribution in [0.5, 0.6) is 0 Å². The minimum absolute atomic E-state index is 0.00380. The van der Waals surface area contributed by atoms with E-state index < -0.39 is 0 Å². The zero-order chi connectivity index (χ0) is 14.5. The van der Waals surface area contributed by atoms with E-state index in [2.05, 4.69) is 21.0 Å². The van der Waals surface area contributed by atoms with Crippen LogP contribution in [0, 0.1) is 0 Å². The van der Waals surface area contributed by atoms with Crippen molar-refractivity contribution in [2.24, 2.45) is 0 Å². The number of aromatic nitrogens is 2. The maximum atomic E-state index is 12.1. The molecule has 2 heterocycles. The van der Waals surface area contributed by atoms with Crippen LogP contribution in [-0.4, -0.2) is 64.4 Å². The summed E-state index contributed by atoms with van der Waals surface area (Å²) in [5, 5.41) is 4.06. The summed E-state index contributed by atoms with van der Waals surface area (Å²) in [6, 6.07) is 0. The summed E-state index contributed by atoms with van der Waals surface area (Å²) in [5.41, 5.74) is 0. The Hall–Kier alpha value is -1.57. The van der Waals surface area contributed by atoms with Crippen LogP contribution < -0.4 is 0 Å². The third-order valence-corrected chi connectivity index (χ3v) is 3.47. The van der Waals surface area contributed by atoms with Crippen molar-refractivity contribution in [3.05, 3.63) is 16.9 Å². The highest BCUT2D eigenvalue weighted by atomic mass is 79.9. The molecule has 20 heavy (non-hydrogen) atoms. The van der Waals surface area contributed by atoms with Gasteiger partial charge in [-0.2, -0.15) is 5.10 Å². The Bertz CT molecular complexity index is 483. The van der Waals surface area contributed by atoms with Crippen molar-refractivity contribution in [1.82, 2.24) is 19.6 Å². The van der Waals surface area contributed by atoms with Gasteiger partial charge in [-0.15, -0.1) is 0 Å². The van der Waals surface area contributed by atoms with E-state index in [1.54, 1.807) is 33.8 Å². The van der Waals surface area contributed by atoms with E-state index in [1.807, 2.05) is 0 Å². The Morgan fingerprint density at radius 2 is 1.95 bits per heavy atom. The lowest BCUT2D eigenvalue weighted by Gasteiger charge is -2.34. The van der Waals surface area contributed by atoms with Crippen LogP contribution in [-0.2, 0) is 16.1 Å². The quantitative estimate of drug-likeness (QED) is 0.818. The van der Waals surface area contributed by atoms with Gasteiger partial charge >= 0.3 is 6.09 Å². The first-order valence-electron chi connectivity index (χ1n) is 6.47. The molecular formula is C12H17BrN4O3. The molecule has 1 saturated heterocycles. The highest BCUT2D eigenvalue weighted by Crippen LogP contribution is 2.08. The van der Waals surface area contributed by atoms with Crippen molar-refractivity contribution in [2.45, 2.75) is 13.5 Å². The molecule has 2 amide bonds. The summed E-state index contributed by atoms with van der Waals surface area (Å²) in [6.07, 6.45) is 3.09. The second-order valence-electron chi connectivity index (χ2n) is 4.42. The first kappa shape index (κ1) is 14.8. The summed E-state index contributed by atoms with van der Waals surface area (Å²) >= 11 is 3.29. The molecule has 0 spiro atoms. The number of carbonyl (C=O) groups is 2. The second-order valence-corrected chi connectivity index (χ2v) is 5.34. The highest BCUT2D eigenvalue weighted by molar-refractivity contribution is 9.10. The smallest absolute Gasteiger partial charge is 0.409 e. The minimum atomic E-state index is -0.310. The van der Waals surface area contributed by atoms with Gasteiger partial charge in [-0.3, -0.25) is 9.48 Å². The number of ether oxygens (including phenoxy) is 1. The van der Waals surface area contributed by atoms with Crippen LogP contribution in [0.1, 0.15) is 6.92 Å². The number of carbonyl (C=O) groups excluding carboxylic acids is 2. The normalized spacial score (nSPS) is 15.3. The largest absolute Gasteiger partial charge is 0.450 e. The molecule has 110 valence electrons. The van der Waals surface area contributed by atoms with E-state index in [0.717, 1.165) is 4.47 Å². The molecule has 0 N–H and O–H groups in total. The molecule has 1 aromatic heterocycles. The summed E-state index contributed by atoms with van der Waals surface area (Å²) < 4.78 is 7.37. The molecular weight excluding hydrogens is 328 g/mol. The van der Waals surface area contributed by atoms with Gasteiger partial charge in [0.2, 0.25) is 5.91 Å². The predicted octanol–water partition coefficient (Wildman–Crippen LogP) is 0.946. The van der Waals surface area contributed by atoms with Crippen LogP contribution in [0.2, 0.25) is 0 Å². The maximum absolute atomic E-state index is 12.1. The van der Waals surface area contributed by atoms with Gasteiger partial charge in [-0.25, -0.2) is 4.79 Å². The summed E-state index contributed by atoms with van der Waals surface area (Å²) in [5.74, 6) is 0.00380. The highest BCUT2D eigenvalue weighted by Gasteiger charge is 2.24. The molecule has 0 bridgehead atoms. The number of hydrogen-bond donors (Lipinski definition) is 0. The average molecular weight is 345 g/mol. The number of rotatable bonds is 3. The van der Waals surface area contributed by atoms with Gasteiger partial charge < -0.3 is 14.5 Å². The fraction of sp³-hybridized carbons (Fsp3) is 0.583. The van der Waals surface area contributed by atoms with Crippen LogP contribution in [0.3, 0.4) is 0 Å². The van der Waals surface area contributed by atoms with Gasteiger partial charge in [0.15, 0.2) is 0 Å². The van der Waals surface area contributed by atoms with E-state index in [1.165, 1.54) is 0 Å². The Labute approximate surface area is 125 Å². The number of nitrogens with zero attached hydrogens (tertiary/aromatic N) is 4. The lowest BCUT2D eigenvalue weighted by molar-refractivity contribution is -0.133. The predicted molar refractivity (Wildman–Crippen MR) is 75.1 cm³/mol. The lowest BCUT2D eigenvalue weighted by atomic mass is 10.3. The molecule has 0 radical (unpaired) electrons. The van der Waals surface area contributed by atoms with Gasteiger partial charge in [0.25, 0.3) is 0 Å². The standard InChI is InChI=1S/C12H17BrN4O3/c1-2-20-12(19)16-5-3-15(4-6-16)11(18)9-17-8-10(13)7-14-17/h7-8H,2-6,9H2,1H3. The van der Waals surface area contributed by atoms with Gasteiger partial charge in [0.05, 0.1) is 17.3 Å². The van der Waals surface area contributed by atoms with Crippen LogP contribution in [0.4, 0.5) is 4.79 Å². The topological polar surface area (TPSA) is 67.7 Å². The minimum Gasteiger partial charge on any atom is -0.450 e. The van der Waals surface area contributed by atoms with E-state index >= 15 is 0 Å². The third kappa shape index (κ3) is 3.72. The zero-order valence-corrected chi connectivity index (χ0v) is 12.9. The first-order valence-corrected chi connectivity index (χ1v) is 7.27. The Balaban J connectivity index is 1.81. The van der Waals surface area contributed by atoms with Crippen molar-refractivity contribution in [2.75, 3.05) is 32.8 Å². The van der Waals surface area contributed by atoms with Gasteiger partial charge in [0, 0.05) is 32.4 Å². The number of amides is 2. The molecule has 0 aliphatic carbocycles. The van der Waals surface area contributed by atoms with Crippen LogP contribution >= 0.6 is 15.9 Å². The Kier molecular flexibility index (Phi) is 4.99. The summed E-state index contributed by atoms with van der Waals surface area (Å²) in [4.78, 5) is 27.0. The monoisotopic (exact) mass is 344 g/mol. The number of halogens is 1. The van der Waals surface area contributed by atoms with E-state index in [-0.39, 0.29) is 18.5 Å². The molecule has 1 aliphatic rings. The molecule has 0 saturated carbocycles. The Morgan fingerprint density at radius 1 is 1.30 bits per heavy atom. The van der Waals surface area contributed by atoms with Gasteiger partial charge in [0.1, 0.15) is 6.54 Å². The van der Waals surface area contributed by atoms with Crippen molar-refractivity contribution >= 4 is 27.9 Å². The van der Waals surface area contributed by atoms with E-state index in [0.29, 0.717) is 32.8 Å². The Morgan fingerprint density at radius 3 is 2.50 bits per heavy atom. The molecule has 8 heteroatoms. The van der Waals surface area contributed by atoms with Crippen molar-refractivity contribution in [3.63, 3.8) is 0 Å². The van der Waals surface area contributed by atoms with Crippen LogP contribution in [0.25, 0.3) is 0 Å². The summed E-state index contributed by atoms with van der Waals surface area (Å²) in [6.45, 7) is 4.43. The SMILES string of the molecule is CCOC(=O)N1CCN(C(=O)Cn2cc(Br)cn2)CC1. The van der Waals surface area contributed by atoms with Crippen molar-refractivity contribution in [1.29, 1.82) is 0 Å². The van der Waals surface area contributed by atoms with Crippen LogP contribution in [0.15, 0.2) is 16.9 Å². The van der Waals surface area contributed by atoms with Gasteiger partial charge in [-0.05, 0) is 22.9 Å². The average Bonchev–Trinajstić information content (AvgIpc) is 2.84. The molecule has 0 atom stereocenters. The molecule has 1 aromatic rings. The molecule has 0 aromatic carbocycles. The van der Waals surface area contributed by atoms with Crippen molar-refractivity contribution in [3.8, 4) is 0 Å². The second kappa shape index (κ2) is 6.74. The summed E-state index contributed by atoms with van der Waals surface area (Å²) in [7, 11) is 0. The molecule has 0 unspecified atom stereocenters. The van der Waals surface area contributed by atoms with Crippen molar-refractivity contribution < 1.29 is 14.3 Å². The third-order valence-electron chi connectivity index (χ3n) is 3.06. The molecule has 7 nitrogen and oxygen atoms in total. The molecule has 1 fully saturated rings. The van der Waals surface area contributed by atoms with Gasteiger partial charge in [-0.1, -0.05) is 0 Å². The fourth-order valence-electron chi connectivity index (χ4n) is 2.02. The van der Waals surface area contributed by atoms with E-state index in [4.69, 9.17) is 4.74 Å². The number of piperazine rings is 1. The van der Waals surface area contributed by atoms with E-state index in [9.17, 15) is 9.59 Å². The molecule has 1 aliphatic heterocycles. The zero-order valence-electron chi connectivity index (χ0n) is 11.3. The number of hydrogen-bond acceptors (Lipinski definition) is 4. The maximum Gasteiger partial charge on any atom is 0.409 e. The first-order chi connectivity index (χ1) is 9.60.